The Morgan fingerprint density at radius 1 is 1.23 bits per heavy atom. The van der Waals surface area contributed by atoms with Crippen molar-refractivity contribution < 1.29 is 23.5 Å². The number of amides is 1. The Morgan fingerprint density at radius 3 is 2.45 bits per heavy atom. The molecule has 6 nitrogen and oxygen atoms in total. The quantitative estimate of drug-likeness (QED) is 0.464. The molecule has 1 aliphatic rings. The first-order valence-electron chi connectivity index (χ1n) is 10.7. The molecule has 0 radical (unpaired) electrons. The number of carbonyl (C=O) groups is 3. The van der Waals surface area contributed by atoms with Crippen LogP contribution in [0.3, 0.4) is 0 Å². The minimum atomic E-state index is -0.747. The van der Waals surface area contributed by atoms with Crippen LogP contribution in [0, 0.1) is 19.7 Å². The van der Waals surface area contributed by atoms with E-state index in [1.54, 1.807) is 43.2 Å². The number of Topliss-reactive ketones (excluding diaryl/α,β-unsaturated/α-hetero) is 1. The molecule has 1 amide bonds. The van der Waals surface area contributed by atoms with Gasteiger partial charge in [-0.05, 0) is 71.2 Å². The number of ketones is 1. The maximum absolute atomic E-state index is 13.7. The maximum Gasteiger partial charge on any atom is 0.355 e. The summed E-state index contributed by atoms with van der Waals surface area (Å²) in [6.07, 6.45) is 1.61. The summed E-state index contributed by atoms with van der Waals surface area (Å²) < 4.78 is 20.7. The van der Waals surface area contributed by atoms with Gasteiger partial charge in [0.05, 0.1) is 12.6 Å². The van der Waals surface area contributed by atoms with Gasteiger partial charge in [0.2, 0.25) is 0 Å². The molecule has 7 heteroatoms. The van der Waals surface area contributed by atoms with Gasteiger partial charge >= 0.3 is 5.97 Å². The molecule has 1 atom stereocenters. The van der Waals surface area contributed by atoms with Crippen LogP contribution in [0.25, 0.3) is 0 Å². The zero-order valence-electron chi connectivity index (χ0n) is 18.7. The predicted octanol–water partition coefficient (Wildman–Crippen LogP) is 4.32. The van der Waals surface area contributed by atoms with Crippen molar-refractivity contribution in [2.24, 2.45) is 0 Å². The maximum atomic E-state index is 13.7. The number of esters is 1. The molecule has 0 N–H and O–H groups in total. The molecule has 166 valence electrons. The molecule has 1 heterocycles. The van der Waals surface area contributed by atoms with Crippen molar-refractivity contribution in [3.8, 4) is 0 Å². The highest BCUT2D eigenvalue weighted by Gasteiger charge is 2.40. The first-order valence-corrected chi connectivity index (χ1v) is 10.7. The average Bonchev–Trinajstić information content (AvgIpc) is 3.52. The lowest BCUT2D eigenvalue weighted by Crippen LogP contribution is -2.45. The molecule has 0 aliphatic heterocycles. The molecule has 3 rings (SSSR count). The topological polar surface area (TPSA) is 68.6 Å². The van der Waals surface area contributed by atoms with Gasteiger partial charge in [0.15, 0.2) is 5.78 Å². The highest BCUT2D eigenvalue weighted by molar-refractivity contribution is 6.07. The van der Waals surface area contributed by atoms with E-state index in [9.17, 15) is 18.8 Å². The van der Waals surface area contributed by atoms with E-state index in [-0.39, 0.29) is 29.9 Å². The lowest BCUT2D eigenvalue weighted by atomic mass is 9.99. The highest BCUT2D eigenvalue weighted by Crippen LogP contribution is 2.33. The van der Waals surface area contributed by atoms with Crippen LogP contribution < -0.4 is 0 Å². The van der Waals surface area contributed by atoms with Crippen molar-refractivity contribution in [3.63, 3.8) is 0 Å². The molecular weight excluding hydrogens is 399 g/mol. The van der Waals surface area contributed by atoms with E-state index in [1.807, 2.05) is 6.92 Å². The molecule has 2 aromatic rings. The standard InChI is InChI=1S/C24H29FN2O4/c1-6-26-15(4)20(14(3)21(26)24(30)31-7-2)22(28)16(5)27(19-11-12-19)23(29)17-9-8-10-18(25)13-17/h8-10,13,16,19H,6-7,11-12H2,1-5H3/t16-/m0/s1. The first kappa shape index (κ1) is 22.7. The molecule has 1 aliphatic carbocycles. The number of hydrogen-bond donors (Lipinski definition) is 0. The van der Waals surface area contributed by atoms with E-state index in [1.165, 1.54) is 18.2 Å². The SMILES string of the molecule is CCOC(=O)c1c(C)c(C(=O)[C@H](C)N(C(=O)c2cccc(F)c2)C2CC2)c(C)n1CC. The van der Waals surface area contributed by atoms with Gasteiger partial charge in [-0.15, -0.1) is 0 Å². The molecule has 0 unspecified atom stereocenters. The fourth-order valence-corrected chi connectivity index (χ4v) is 4.23. The number of nitrogens with zero attached hydrogens (tertiary/aromatic N) is 2. The van der Waals surface area contributed by atoms with Crippen LogP contribution >= 0.6 is 0 Å². The zero-order valence-corrected chi connectivity index (χ0v) is 18.7. The molecule has 1 fully saturated rings. The fourth-order valence-electron chi connectivity index (χ4n) is 4.23. The number of carbonyl (C=O) groups excluding carboxylic acids is 3. The summed E-state index contributed by atoms with van der Waals surface area (Å²) in [7, 11) is 0. The van der Waals surface area contributed by atoms with Crippen molar-refractivity contribution in [2.45, 2.75) is 66.1 Å². The number of ether oxygens (including phenoxy) is 1. The van der Waals surface area contributed by atoms with E-state index in [2.05, 4.69) is 0 Å². The van der Waals surface area contributed by atoms with Crippen LogP contribution in [-0.4, -0.2) is 45.8 Å². The minimum absolute atomic E-state index is 0.0480. The van der Waals surface area contributed by atoms with E-state index < -0.39 is 17.8 Å². The average molecular weight is 429 g/mol. The van der Waals surface area contributed by atoms with Crippen molar-refractivity contribution in [1.82, 2.24) is 9.47 Å². The molecule has 31 heavy (non-hydrogen) atoms. The number of aromatic nitrogens is 1. The predicted molar refractivity (Wildman–Crippen MR) is 115 cm³/mol. The Balaban J connectivity index is 1.99. The minimum Gasteiger partial charge on any atom is -0.461 e. The molecule has 1 saturated carbocycles. The fraction of sp³-hybridized carbons (Fsp3) is 0.458. The third-order valence-electron chi connectivity index (χ3n) is 5.84. The van der Waals surface area contributed by atoms with Crippen LogP contribution in [0.15, 0.2) is 24.3 Å². The molecule has 1 aromatic carbocycles. The van der Waals surface area contributed by atoms with Crippen molar-refractivity contribution in [3.05, 3.63) is 58.2 Å². The third-order valence-corrected chi connectivity index (χ3v) is 5.84. The molecular formula is C24H29FN2O4. The second kappa shape index (κ2) is 9.04. The van der Waals surface area contributed by atoms with E-state index in [0.717, 1.165) is 12.8 Å². The monoisotopic (exact) mass is 428 g/mol. The Morgan fingerprint density at radius 2 is 1.90 bits per heavy atom. The van der Waals surface area contributed by atoms with Crippen LogP contribution in [0.1, 0.15) is 76.1 Å². The van der Waals surface area contributed by atoms with Gasteiger partial charge in [0.25, 0.3) is 5.91 Å². The second-order valence-electron chi connectivity index (χ2n) is 7.89. The second-order valence-corrected chi connectivity index (χ2v) is 7.89. The van der Waals surface area contributed by atoms with Gasteiger partial charge in [-0.3, -0.25) is 9.59 Å². The van der Waals surface area contributed by atoms with Crippen molar-refractivity contribution in [1.29, 1.82) is 0 Å². The van der Waals surface area contributed by atoms with E-state index >= 15 is 0 Å². The van der Waals surface area contributed by atoms with Gasteiger partial charge in [0.1, 0.15) is 11.5 Å². The number of rotatable bonds is 8. The summed E-state index contributed by atoms with van der Waals surface area (Å²) in [5.74, 6) is -1.55. The van der Waals surface area contributed by atoms with Crippen LogP contribution in [0.4, 0.5) is 4.39 Å². The Hall–Kier alpha value is -2.96. The Labute approximate surface area is 182 Å². The molecule has 0 saturated heterocycles. The summed E-state index contributed by atoms with van der Waals surface area (Å²) in [5, 5.41) is 0. The van der Waals surface area contributed by atoms with Crippen molar-refractivity contribution in [2.75, 3.05) is 6.61 Å². The van der Waals surface area contributed by atoms with Crippen LogP contribution in [0.2, 0.25) is 0 Å². The number of halogens is 1. The van der Waals surface area contributed by atoms with Gasteiger partial charge in [-0.2, -0.15) is 0 Å². The van der Waals surface area contributed by atoms with Gasteiger partial charge < -0.3 is 14.2 Å². The summed E-state index contributed by atoms with van der Waals surface area (Å²) in [4.78, 5) is 40.9. The summed E-state index contributed by atoms with van der Waals surface area (Å²) in [5.41, 5.74) is 2.26. The molecule has 1 aromatic heterocycles. The van der Waals surface area contributed by atoms with E-state index in [0.29, 0.717) is 29.1 Å². The first-order chi connectivity index (χ1) is 14.7. The lowest BCUT2D eigenvalue weighted by Gasteiger charge is -2.29. The highest BCUT2D eigenvalue weighted by atomic mass is 19.1. The smallest absolute Gasteiger partial charge is 0.355 e. The normalized spacial score (nSPS) is 14.3. The number of benzene rings is 1. The van der Waals surface area contributed by atoms with Crippen molar-refractivity contribution >= 4 is 17.7 Å². The molecule has 0 bridgehead atoms. The van der Waals surface area contributed by atoms with Crippen LogP contribution in [-0.2, 0) is 11.3 Å². The van der Waals surface area contributed by atoms with E-state index in [4.69, 9.17) is 4.74 Å². The van der Waals surface area contributed by atoms with Gasteiger partial charge in [-0.1, -0.05) is 6.07 Å². The number of hydrogen-bond acceptors (Lipinski definition) is 4. The Bertz CT molecular complexity index is 1020. The summed E-state index contributed by atoms with van der Waals surface area (Å²) in [6.45, 7) is 9.62. The summed E-state index contributed by atoms with van der Waals surface area (Å²) >= 11 is 0. The summed E-state index contributed by atoms with van der Waals surface area (Å²) in [6, 6.07) is 4.72. The third kappa shape index (κ3) is 4.27. The zero-order chi connectivity index (χ0) is 22.9. The largest absolute Gasteiger partial charge is 0.461 e. The van der Waals surface area contributed by atoms with Crippen LogP contribution in [0.5, 0.6) is 0 Å². The van der Waals surface area contributed by atoms with Gasteiger partial charge in [-0.25, -0.2) is 9.18 Å². The Kier molecular flexibility index (Phi) is 6.62. The lowest BCUT2D eigenvalue weighted by molar-refractivity contribution is 0.0512. The van der Waals surface area contributed by atoms with Gasteiger partial charge in [0, 0.05) is 29.4 Å². The molecule has 0 spiro atoms.